The van der Waals surface area contributed by atoms with Gasteiger partial charge in [-0.2, -0.15) is 4.98 Å². The first-order valence-electron chi connectivity index (χ1n) is 6.24. The fourth-order valence-electron chi connectivity index (χ4n) is 2.42. The van der Waals surface area contributed by atoms with E-state index in [4.69, 9.17) is 20.1 Å². The summed E-state index contributed by atoms with van der Waals surface area (Å²) in [5, 5.41) is 0. The predicted molar refractivity (Wildman–Crippen MR) is 68.7 cm³/mol. The Hall–Kier alpha value is -1.44. The molecule has 1 fully saturated rings. The SMILES string of the molecule is COc1cnc(C(NN)C2CCOC2C)c(OC)n1. The van der Waals surface area contributed by atoms with Gasteiger partial charge >= 0.3 is 0 Å². The van der Waals surface area contributed by atoms with E-state index in [2.05, 4.69) is 15.4 Å². The first-order chi connectivity index (χ1) is 9.21. The summed E-state index contributed by atoms with van der Waals surface area (Å²) < 4.78 is 15.9. The molecule has 3 unspecified atom stereocenters. The van der Waals surface area contributed by atoms with Gasteiger partial charge in [-0.15, -0.1) is 0 Å². The maximum Gasteiger partial charge on any atom is 0.240 e. The molecule has 1 aliphatic heterocycles. The van der Waals surface area contributed by atoms with Crippen molar-refractivity contribution in [1.29, 1.82) is 0 Å². The number of aromatic nitrogens is 2. The van der Waals surface area contributed by atoms with Crippen molar-refractivity contribution in [3.8, 4) is 11.8 Å². The lowest BCUT2D eigenvalue weighted by atomic mass is 9.91. The molecule has 2 rings (SSSR count). The number of hydrazine groups is 1. The van der Waals surface area contributed by atoms with Crippen molar-refractivity contribution in [2.24, 2.45) is 11.8 Å². The van der Waals surface area contributed by atoms with Crippen LogP contribution in [0.5, 0.6) is 11.8 Å². The summed E-state index contributed by atoms with van der Waals surface area (Å²) in [6.45, 7) is 2.77. The number of nitrogens with one attached hydrogen (secondary N) is 1. The molecule has 0 aliphatic carbocycles. The molecule has 0 spiro atoms. The number of ether oxygens (including phenoxy) is 3. The second-order valence-corrected chi connectivity index (χ2v) is 4.48. The van der Waals surface area contributed by atoms with Crippen molar-refractivity contribution in [3.63, 3.8) is 0 Å². The molecule has 0 bridgehead atoms. The van der Waals surface area contributed by atoms with Crippen molar-refractivity contribution in [3.05, 3.63) is 11.9 Å². The Morgan fingerprint density at radius 3 is 2.79 bits per heavy atom. The molecule has 0 aromatic carbocycles. The highest BCUT2D eigenvalue weighted by atomic mass is 16.5. The quantitative estimate of drug-likeness (QED) is 0.590. The molecule has 106 valence electrons. The molecule has 19 heavy (non-hydrogen) atoms. The minimum atomic E-state index is -0.161. The zero-order chi connectivity index (χ0) is 13.8. The van der Waals surface area contributed by atoms with Crippen molar-refractivity contribution in [2.75, 3.05) is 20.8 Å². The molecular weight excluding hydrogens is 248 g/mol. The molecule has 3 N–H and O–H groups in total. The van der Waals surface area contributed by atoms with Crippen LogP contribution in [0.25, 0.3) is 0 Å². The van der Waals surface area contributed by atoms with Crippen molar-refractivity contribution < 1.29 is 14.2 Å². The lowest BCUT2D eigenvalue weighted by Gasteiger charge is -2.25. The van der Waals surface area contributed by atoms with Gasteiger partial charge in [-0.3, -0.25) is 11.3 Å². The molecule has 7 nitrogen and oxygen atoms in total. The predicted octanol–water partition coefficient (Wildman–Crippen LogP) is 0.423. The highest BCUT2D eigenvalue weighted by Crippen LogP contribution is 2.35. The molecular formula is C12H20N4O3. The summed E-state index contributed by atoms with van der Waals surface area (Å²) in [7, 11) is 3.09. The van der Waals surface area contributed by atoms with Gasteiger partial charge in [-0.25, -0.2) is 4.98 Å². The molecule has 0 radical (unpaired) electrons. The summed E-state index contributed by atoms with van der Waals surface area (Å²) in [6, 6.07) is -0.161. The third-order valence-electron chi connectivity index (χ3n) is 3.48. The number of methoxy groups -OCH3 is 2. The molecule has 2 heterocycles. The van der Waals surface area contributed by atoms with Crippen LogP contribution in [0.1, 0.15) is 25.1 Å². The van der Waals surface area contributed by atoms with E-state index >= 15 is 0 Å². The summed E-state index contributed by atoms with van der Waals surface area (Å²) in [4.78, 5) is 8.59. The zero-order valence-corrected chi connectivity index (χ0v) is 11.4. The minimum absolute atomic E-state index is 0.120. The van der Waals surface area contributed by atoms with Crippen LogP contribution in [0.4, 0.5) is 0 Å². The van der Waals surface area contributed by atoms with Gasteiger partial charge in [-0.05, 0) is 13.3 Å². The van der Waals surface area contributed by atoms with Crippen molar-refractivity contribution in [1.82, 2.24) is 15.4 Å². The monoisotopic (exact) mass is 268 g/mol. The van der Waals surface area contributed by atoms with Crippen LogP contribution in [0.3, 0.4) is 0 Å². The van der Waals surface area contributed by atoms with Gasteiger partial charge < -0.3 is 14.2 Å². The highest BCUT2D eigenvalue weighted by molar-refractivity contribution is 5.26. The van der Waals surface area contributed by atoms with E-state index in [9.17, 15) is 0 Å². The molecule has 1 aromatic heterocycles. The fourth-order valence-corrected chi connectivity index (χ4v) is 2.42. The van der Waals surface area contributed by atoms with Crippen molar-refractivity contribution >= 4 is 0 Å². The third-order valence-corrected chi connectivity index (χ3v) is 3.48. The van der Waals surface area contributed by atoms with E-state index in [1.807, 2.05) is 6.92 Å². The Bertz CT molecular complexity index is 429. The van der Waals surface area contributed by atoms with Crippen LogP contribution in [0.15, 0.2) is 6.20 Å². The molecule has 1 saturated heterocycles. The number of hydrogen-bond acceptors (Lipinski definition) is 7. The molecule has 0 amide bonds. The molecule has 3 atom stereocenters. The average Bonchev–Trinajstić information content (AvgIpc) is 2.86. The van der Waals surface area contributed by atoms with Crippen molar-refractivity contribution in [2.45, 2.75) is 25.5 Å². The zero-order valence-electron chi connectivity index (χ0n) is 11.4. The second kappa shape index (κ2) is 6.14. The van der Waals surface area contributed by atoms with Crippen LogP contribution in [0, 0.1) is 5.92 Å². The van der Waals surface area contributed by atoms with E-state index in [-0.39, 0.29) is 18.1 Å². The first kappa shape index (κ1) is 14.0. The molecule has 0 saturated carbocycles. The van der Waals surface area contributed by atoms with Crippen LogP contribution in [-0.2, 0) is 4.74 Å². The lowest BCUT2D eigenvalue weighted by Crippen LogP contribution is -2.37. The van der Waals surface area contributed by atoms with Gasteiger partial charge in [0.1, 0.15) is 5.69 Å². The standard InChI is InChI=1S/C12H20N4O3/c1-7-8(4-5-19-7)10(16-13)11-12(18-3)15-9(17-2)6-14-11/h6-8,10,16H,4-5,13H2,1-3H3. The van der Waals surface area contributed by atoms with Crippen LogP contribution < -0.4 is 20.7 Å². The maximum atomic E-state index is 5.68. The largest absolute Gasteiger partial charge is 0.480 e. The Morgan fingerprint density at radius 2 is 2.26 bits per heavy atom. The normalized spacial score (nSPS) is 24.2. The highest BCUT2D eigenvalue weighted by Gasteiger charge is 2.35. The van der Waals surface area contributed by atoms with Gasteiger partial charge in [0.25, 0.3) is 0 Å². The molecule has 7 heteroatoms. The van der Waals surface area contributed by atoms with Gasteiger partial charge in [0.2, 0.25) is 11.8 Å². The van der Waals surface area contributed by atoms with Gasteiger partial charge in [0.15, 0.2) is 0 Å². The van der Waals surface area contributed by atoms with E-state index in [0.717, 1.165) is 13.0 Å². The van der Waals surface area contributed by atoms with Gasteiger partial charge in [0, 0.05) is 12.5 Å². The number of nitrogens with two attached hydrogens (primary N) is 1. The number of nitrogens with zero attached hydrogens (tertiary/aromatic N) is 2. The Labute approximate surface area is 112 Å². The Balaban J connectivity index is 2.31. The summed E-state index contributed by atoms with van der Waals surface area (Å²) in [5.74, 6) is 6.75. The average molecular weight is 268 g/mol. The summed E-state index contributed by atoms with van der Waals surface area (Å²) in [6.07, 6.45) is 2.60. The topological polar surface area (TPSA) is 91.5 Å². The Kier molecular flexibility index (Phi) is 4.52. The maximum absolute atomic E-state index is 5.68. The van der Waals surface area contributed by atoms with Gasteiger partial charge in [0.05, 0.1) is 32.6 Å². The molecule has 1 aliphatic rings. The minimum Gasteiger partial charge on any atom is -0.480 e. The fraction of sp³-hybridized carbons (Fsp3) is 0.667. The summed E-state index contributed by atoms with van der Waals surface area (Å²) >= 11 is 0. The molecule has 1 aromatic rings. The van der Waals surface area contributed by atoms with Crippen LogP contribution >= 0.6 is 0 Å². The summed E-state index contributed by atoms with van der Waals surface area (Å²) in [5.41, 5.74) is 3.47. The van der Waals surface area contributed by atoms with E-state index in [0.29, 0.717) is 17.5 Å². The van der Waals surface area contributed by atoms with E-state index in [1.165, 1.54) is 7.11 Å². The second-order valence-electron chi connectivity index (χ2n) is 4.48. The first-order valence-corrected chi connectivity index (χ1v) is 6.24. The van der Waals surface area contributed by atoms with E-state index < -0.39 is 0 Å². The van der Waals surface area contributed by atoms with Crippen LogP contribution in [-0.4, -0.2) is 36.9 Å². The number of rotatable bonds is 5. The van der Waals surface area contributed by atoms with Crippen LogP contribution in [0.2, 0.25) is 0 Å². The van der Waals surface area contributed by atoms with Gasteiger partial charge in [-0.1, -0.05) is 0 Å². The smallest absolute Gasteiger partial charge is 0.240 e. The number of hydrogen-bond donors (Lipinski definition) is 2. The Morgan fingerprint density at radius 1 is 1.47 bits per heavy atom. The third kappa shape index (κ3) is 2.78. The van der Waals surface area contributed by atoms with E-state index in [1.54, 1.807) is 13.3 Å². The lowest BCUT2D eigenvalue weighted by molar-refractivity contribution is 0.0944.